The fraction of sp³-hybridized carbons (Fsp3) is 0.400. The molecule has 1 fully saturated rings. The minimum atomic E-state index is 0.0871. The van der Waals surface area contributed by atoms with Crippen molar-refractivity contribution >= 4 is 29.2 Å². The van der Waals surface area contributed by atoms with Gasteiger partial charge in [0.25, 0.3) is 0 Å². The third-order valence-corrected chi connectivity index (χ3v) is 5.04. The molecule has 7 nitrogen and oxygen atoms in total. The lowest BCUT2D eigenvalue weighted by Crippen LogP contribution is -2.52. The van der Waals surface area contributed by atoms with Crippen LogP contribution in [0.2, 0.25) is 5.02 Å². The molecule has 1 aliphatic rings. The molecular weight excluding hydrogens is 376 g/mol. The van der Waals surface area contributed by atoms with Crippen LogP contribution in [0.5, 0.6) is 0 Å². The number of aliphatic imine (C=N–C) groups is 1. The number of carbonyl (C=O) groups excluding carboxylic acids is 1. The predicted molar refractivity (Wildman–Crippen MR) is 114 cm³/mol. The Bertz CT molecular complexity index is 767. The minimum Gasteiger partial charge on any atom is -0.368 e. The summed E-state index contributed by atoms with van der Waals surface area (Å²) in [4.78, 5) is 20.9. The summed E-state index contributed by atoms with van der Waals surface area (Å²) in [5.41, 5.74) is 1.14. The number of guanidine groups is 1. The van der Waals surface area contributed by atoms with E-state index in [2.05, 4.69) is 25.1 Å². The van der Waals surface area contributed by atoms with E-state index >= 15 is 0 Å². The Kier molecular flexibility index (Phi) is 7.19. The van der Waals surface area contributed by atoms with Crippen molar-refractivity contribution in [3.8, 4) is 0 Å². The van der Waals surface area contributed by atoms with E-state index in [-0.39, 0.29) is 12.5 Å². The Balaban J connectivity index is 1.38. The molecule has 2 aromatic rings. The number of hydrogen-bond donors (Lipinski definition) is 2. The van der Waals surface area contributed by atoms with Crippen molar-refractivity contribution in [3.63, 3.8) is 0 Å². The normalized spacial score (nSPS) is 14.9. The number of carbonyl (C=O) groups is 1. The highest BCUT2D eigenvalue weighted by molar-refractivity contribution is 6.30. The molecule has 150 valence electrons. The van der Waals surface area contributed by atoms with Crippen LogP contribution >= 0.6 is 11.6 Å². The number of halogens is 1. The summed E-state index contributed by atoms with van der Waals surface area (Å²) in [7, 11) is 1.71. The number of hydrogen-bond acceptors (Lipinski definition) is 3. The molecule has 0 radical (unpaired) electrons. The quantitative estimate of drug-likeness (QED) is 0.569. The summed E-state index contributed by atoms with van der Waals surface area (Å²) in [6, 6.07) is 11.8. The lowest BCUT2D eigenvalue weighted by atomic mass is 10.2. The fourth-order valence-corrected chi connectivity index (χ4v) is 3.31. The second kappa shape index (κ2) is 10.0. The molecule has 2 N–H and O–H groups in total. The maximum atomic E-state index is 12.5. The van der Waals surface area contributed by atoms with E-state index < -0.39 is 0 Å². The van der Waals surface area contributed by atoms with E-state index in [4.69, 9.17) is 11.6 Å². The first-order chi connectivity index (χ1) is 13.7. The summed E-state index contributed by atoms with van der Waals surface area (Å²) in [6.45, 7) is 4.88. The zero-order valence-electron chi connectivity index (χ0n) is 16.1. The maximum Gasteiger partial charge on any atom is 0.242 e. The summed E-state index contributed by atoms with van der Waals surface area (Å²) >= 11 is 5.95. The minimum absolute atomic E-state index is 0.0871. The van der Waals surface area contributed by atoms with Crippen LogP contribution in [0.4, 0.5) is 5.69 Å². The van der Waals surface area contributed by atoms with Gasteiger partial charge in [0.2, 0.25) is 5.91 Å². The second-order valence-electron chi connectivity index (χ2n) is 6.62. The maximum absolute atomic E-state index is 12.5. The number of amides is 1. The monoisotopic (exact) mass is 402 g/mol. The first kappa shape index (κ1) is 20.1. The first-order valence-electron chi connectivity index (χ1n) is 9.49. The Morgan fingerprint density at radius 1 is 1.07 bits per heavy atom. The number of piperazine rings is 1. The van der Waals surface area contributed by atoms with E-state index in [9.17, 15) is 4.79 Å². The van der Waals surface area contributed by atoms with Gasteiger partial charge >= 0.3 is 0 Å². The van der Waals surface area contributed by atoms with E-state index in [0.717, 1.165) is 36.9 Å². The molecule has 0 unspecified atom stereocenters. The van der Waals surface area contributed by atoms with Crippen molar-refractivity contribution in [2.24, 2.45) is 4.99 Å². The van der Waals surface area contributed by atoms with Crippen molar-refractivity contribution in [2.75, 3.05) is 51.2 Å². The van der Waals surface area contributed by atoms with Gasteiger partial charge in [0, 0.05) is 69.4 Å². The molecular formula is C20H27ClN6O. The van der Waals surface area contributed by atoms with Crippen LogP contribution in [0, 0.1) is 0 Å². The summed E-state index contributed by atoms with van der Waals surface area (Å²) in [5, 5.41) is 7.07. The lowest BCUT2D eigenvalue weighted by Gasteiger charge is -2.36. The van der Waals surface area contributed by atoms with Crippen LogP contribution in [-0.4, -0.2) is 67.6 Å². The summed E-state index contributed by atoms with van der Waals surface area (Å²) < 4.78 is 2.09. The zero-order valence-corrected chi connectivity index (χ0v) is 16.9. The van der Waals surface area contributed by atoms with E-state index in [1.807, 2.05) is 53.7 Å². The fourth-order valence-electron chi connectivity index (χ4n) is 3.18. The average Bonchev–Trinajstić information content (AvgIpc) is 3.24. The SMILES string of the molecule is CN=C(NCCn1cccc1)NCC(=O)N1CCN(c2ccc(Cl)cc2)CC1. The lowest BCUT2D eigenvalue weighted by molar-refractivity contribution is -0.130. The number of rotatable bonds is 6. The Hall–Kier alpha value is -2.67. The van der Waals surface area contributed by atoms with E-state index in [1.165, 1.54) is 0 Å². The number of aromatic nitrogens is 1. The van der Waals surface area contributed by atoms with Crippen molar-refractivity contribution in [1.29, 1.82) is 0 Å². The Morgan fingerprint density at radius 2 is 1.75 bits per heavy atom. The van der Waals surface area contributed by atoms with Crippen LogP contribution in [0.3, 0.4) is 0 Å². The average molecular weight is 403 g/mol. The molecule has 0 bridgehead atoms. The van der Waals surface area contributed by atoms with Gasteiger partial charge in [-0.3, -0.25) is 9.79 Å². The highest BCUT2D eigenvalue weighted by Crippen LogP contribution is 2.19. The van der Waals surface area contributed by atoms with E-state index in [1.54, 1.807) is 7.05 Å². The highest BCUT2D eigenvalue weighted by Gasteiger charge is 2.21. The van der Waals surface area contributed by atoms with Crippen molar-refractivity contribution in [1.82, 2.24) is 20.1 Å². The van der Waals surface area contributed by atoms with Crippen LogP contribution in [-0.2, 0) is 11.3 Å². The molecule has 3 rings (SSSR count). The standard InChI is InChI=1S/C20H27ClN6O/c1-22-20(23-8-11-25-9-2-3-10-25)24-16-19(28)27-14-12-26(13-15-27)18-6-4-17(21)5-7-18/h2-7,9-10H,8,11-16H2,1H3,(H2,22,23,24). The predicted octanol–water partition coefficient (Wildman–Crippen LogP) is 1.66. The molecule has 1 aromatic heterocycles. The van der Waals surface area contributed by atoms with Gasteiger partial charge in [-0.1, -0.05) is 11.6 Å². The topological polar surface area (TPSA) is 64.9 Å². The van der Waals surface area contributed by atoms with Gasteiger partial charge in [-0.25, -0.2) is 0 Å². The number of anilines is 1. The van der Waals surface area contributed by atoms with Crippen LogP contribution in [0.15, 0.2) is 53.8 Å². The largest absolute Gasteiger partial charge is 0.368 e. The summed E-state index contributed by atoms with van der Waals surface area (Å²) in [6.07, 6.45) is 4.04. The number of benzene rings is 1. The molecule has 1 aromatic carbocycles. The Morgan fingerprint density at radius 3 is 2.39 bits per heavy atom. The highest BCUT2D eigenvalue weighted by atomic mass is 35.5. The molecule has 0 atom stereocenters. The molecule has 0 aliphatic carbocycles. The number of nitrogens with zero attached hydrogens (tertiary/aromatic N) is 4. The summed E-state index contributed by atoms with van der Waals surface area (Å²) in [5.74, 6) is 0.726. The third kappa shape index (κ3) is 5.66. The van der Waals surface area contributed by atoms with Gasteiger partial charge in [0.1, 0.15) is 0 Å². The Labute approximate surface area is 171 Å². The van der Waals surface area contributed by atoms with Gasteiger partial charge in [-0.15, -0.1) is 0 Å². The van der Waals surface area contributed by atoms with Gasteiger partial charge < -0.3 is 25.0 Å². The molecule has 2 heterocycles. The van der Waals surface area contributed by atoms with Gasteiger partial charge in [0.15, 0.2) is 5.96 Å². The molecule has 28 heavy (non-hydrogen) atoms. The second-order valence-corrected chi connectivity index (χ2v) is 7.05. The van der Waals surface area contributed by atoms with Crippen LogP contribution in [0.25, 0.3) is 0 Å². The van der Waals surface area contributed by atoms with Crippen LogP contribution in [0.1, 0.15) is 0 Å². The molecule has 0 spiro atoms. The third-order valence-electron chi connectivity index (χ3n) is 4.78. The molecule has 0 saturated carbocycles. The van der Waals surface area contributed by atoms with Crippen molar-refractivity contribution < 1.29 is 4.79 Å². The van der Waals surface area contributed by atoms with Crippen molar-refractivity contribution in [2.45, 2.75) is 6.54 Å². The zero-order chi connectivity index (χ0) is 19.8. The molecule has 1 amide bonds. The van der Waals surface area contributed by atoms with Gasteiger partial charge in [-0.2, -0.15) is 0 Å². The van der Waals surface area contributed by atoms with Gasteiger partial charge in [-0.05, 0) is 36.4 Å². The molecule has 8 heteroatoms. The van der Waals surface area contributed by atoms with Crippen molar-refractivity contribution in [3.05, 3.63) is 53.8 Å². The van der Waals surface area contributed by atoms with E-state index in [0.29, 0.717) is 19.0 Å². The first-order valence-corrected chi connectivity index (χ1v) is 9.87. The van der Waals surface area contributed by atoms with Gasteiger partial charge in [0.05, 0.1) is 6.54 Å². The smallest absolute Gasteiger partial charge is 0.242 e. The molecule has 1 saturated heterocycles. The number of nitrogens with one attached hydrogen (secondary N) is 2. The molecule has 1 aliphatic heterocycles. The van der Waals surface area contributed by atoms with Crippen LogP contribution < -0.4 is 15.5 Å².